The molecule has 0 spiro atoms. The zero-order chi connectivity index (χ0) is 16.4. The van der Waals surface area contributed by atoms with Crippen molar-refractivity contribution in [2.75, 3.05) is 29.9 Å². The van der Waals surface area contributed by atoms with E-state index >= 15 is 0 Å². The predicted octanol–water partition coefficient (Wildman–Crippen LogP) is 2.27. The SMILES string of the molecule is CCCc1cc2c(c(CCC)c1N1CCNC1=N)NC(=O)CO2. The molecular weight excluding hydrogens is 292 g/mol. The Hall–Kier alpha value is -2.24. The Bertz CT molecular complexity index is 642. The minimum absolute atomic E-state index is 0.0740. The van der Waals surface area contributed by atoms with Crippen molar-refractivity contribution < 1.29 is 9.53 Å². The molecule has 2 aliphatic rings. The third-order valence-corrected chi connectivity index (χ3v) is 4.25. The van der Waals surface area contributed by atoms with Gasteiger partial charge in [-0.1, -0.05) is 26.7 Å². The summed E-state index contributed by atoms with van der Waals surface area (Å²) >= 11 is 0. The molecule has 3 N–H and O–H groups in total. The number of nitrogens with one attached hydrogen (secondary N) is 3. The van der Waals surface area contributed by atoms with Crippen molar-refractivity contribution >= 4 is 23.2 Å². The molecule has 0 atom stereocenters. The van der Waals surface area contributed by atoms with Gasteiger partial charge in [0.1, 0.15) is 5.75 Å². The molecule has 1 aromatic rings. The Morgan fingerprint density at radius 2 is 2.09 bits per heavy atom. The van der Waals surface area contributed by atoms with E-state index in [1.807, 2.05) is 11.0 Å². The van der Waals surface area contributed by atoms with Crippen molar-refractivity contribution in [3.63, 3.8) is 0 Å². The van der Waals surface area contributed by atoms with Crippen molar-refractivity contribution in [3.8, 4) is 5.75 Å². The number of rotatable bonds is 5. The molecule has 0 aliphatic carbocycles. The molecule has 1 aromatic carbocycles. The number of anilines is 2. The van der Waals surface area contributed by atoms with Crippen molar-refractivity contribution in [3.05, 3.63) is 17.2 Å². The van der Waals surface area contributed by atoms with Gasteiger partial charge in [-0.25, -0.2) is 0 Å². The summed E-state index contributed by atoms with van der Waals surface area (Å²) in [7, 11) is 0. The first-order valence-electron chi connectivity index (χ1n) is 8.37. The monoisotopic (exact) mass is 316 g/mol. The third-order valence-electron chi connectivity index (χ3n) is 4.25. The van der Waals surface area contributed by atoms with E-state index in [9.17, 15) is 4.79 Å². The summed E-state index contributed by atoms with van der Waals surface area (Å²) < 4.78 is 5.65. The molecule has 0 unspecified atom stereocenters. The summed E-state index contributed by atoms with van der Waals surface area (Å²) in [4.78, 5) is 13.8. The summed E-state index contributed by atoms with van der Waals surface area (Å²) in [6.45, 7) is 5.90. The second kappa shape index (κ2) is 6.48. The molecule has 0 aromatic heterocycles. The molecule has 124 valence electrons. The number of fused-ring (bicyclic) bond motifs is 1. The van der Waals surface area contributed by atoms with Crippen LogP contribution < -0.4 is 20.3 Å². The summed E-state index contributed by atoms with van der Waals surface area (Å²) in [6, 6.07) is 2.04. The van der Waals surface area contributed by atoms with E-state index in [2.05, 4.69) is 24.5 Å². The van der Waals surface area contributed by atoms with Crippen molar-refractivity contribution in [1.82, 2.24) is 5.32 Å². The highest BCUT2D eigenvalue weighted by Crippen LogP contribution is 2.42. The lowest BCUT2D eigenvalue weighted by molar-refractivity contribution is -0.118. The number of amides is 1. The van der Waals surface area contributed by atoms with Gasteiger partial charge < -0.3 is 20.3 Å². The maximum atomic E-state index is 11.8. The standard InChI is InChI=1S/C17H24N4O2/c1-3-5-11-9-13-15(20-14(22)10-23-13)12(6-4-2)16(11)21-8-7-19-17(21)18/h9H,3-8,10H2,1-2H3,(H2,18,19)(H,20,22). The highest BCUT2D eigenvalue weighted by molar-refractivity contribution is 6.02. The zero-order valence-corrected chi connectivity index (χ0v) is 13.8. The highest BCUT2D eigenvalue weighted by atomic mass is 16.5. The van der Waals surface area contributed by atoms with Gasteiger partial charge in [0.05, 0.1) is 11.4 Å². The Morgan fingerprint density at radius 3 is 2.74 bits per heavy atom. The second-order valence-corrected chi connectivity index (χ2v) is 6.00. The van der Waals surface area contributed by atoms with Gasteiger partial charge in [-0.05, 0) is 24.5 Å². The van der Waals surface area contributed by atoms with Crippen LogP contribution in [0, 0.1) is 5.41 Å². The fourth-order valence-electron chi connectivity index (χ4n) is 3.34. The quantitative estimate of drug-likeness (QED) is 0.779. The molecule has 2 heterocycles. The summed E-state index contributed by atoms with van der Waals surface area (Å²) in [6.07, 6.45) is 3.78. The molecule has 2 aliphatic heterocycles. The lowest BCUT2D eigenvalue weighted by atomic mass is 9.96. The van der Waals surface area contributed by atoms with Gasteiger partial charge >= 0.3 is 0 Å². The van der Waals surface area contributed by atoms with Crippen molar-refractivity contribution in [2.24, 2.45) is 0 Å². The van der Waals surface area contributed by atoms with Crippen LogP contribution in [0.25, 0.3) is 0 Å². The number of hydrogen-bond acceptors (Lipinski definition) is 3. The van der Waals surface area contributed by atoms with Gasteiger partial charge in [0.25, 0.3) is 5.91 Å². The lowest BCUT2D eigenvalue weighted by Crippen LogP contribution is -2.32. The van der Waals surface area contributed by atoms with E-state index in [0.29, 0.717) is 5.96 Å². The Morgan fingerprint density at radius 1 is 1.30 bits per heavy atom. The second-order valence-electron chi connectivity index (χ2n) is 6.00. The summed E-state index contributed by atoms with van der Waals surface area (Å²) in [5.41, 5.74) is 4.15. The minimum Gasteiger partial charge on any atom is -0.482 e. The molecule has 1 fully saturated rings. The average Bonchev–Trinajstić information content (AvgIpc) is 2.94. The van der Waals surface area contributed by atoms with Crippen LogP contribution in [0.1, 0.15) is 37.8 Å². The molecule has 1 amide bonds. The molecule has 0 bridgehead atoms. The van der Waals surface area contributed by atoms with Gasteiger partial charge in [0.15, 0.2) is 12.6 Å². The Labute approximate surface area is 136 Å². The first-order chi connectivity index (χ1) is 11.2. The number of guanidine groups is 1. The van der Waals surface area contributed by atoms with Crippen LogP contribution >= 0.6 is 0 Å². The number of nitrogens with zero attached hydrogens (tertiary/aromatic N) is 1. The smallest absolute Gasteiger partial charge is 0.262 e. The fourth-order valence-corrected chi connectivity index (χ4v) is 3.34. The number of carbonyl (C=O) groups excluding carboxylic acids is 1. The van der Waals surface area contributed by atoms with E-state index in [0.717, 1.165) is 61.5 Å². The van der Waals surface area contributed by atoms with Crippen LogP contribution in [0.4, 0.5) is 11.4 Å². The van der Waals surface area contributed by atoms with Crippen LogP contribution in [-0.4, -0.2) is 31.6 Å². The van der Waals surface area contributed by atoms with E-state index in [1.54, 1.807) is 0 Å². The molecule has 23 heavy (non-hydrogen) atoms. The van der Waals surface area contributed by atoms with Gasteiger partial charge in [-0.2, -0.15) is 0 Å². The summed E-state index contributed by atoms with van der Waals surface area (Å²) in [5.74, 6) is 1.08. The third kappa shape index (κ3) is 2.85. The molecule has 6 heteroatoms. The van der Waals surface area contributed by atoms with E-state index in [1.165, 1.54) is 5.56 Å². The van der Waals surface area contributed by atoms with Crippen LogP contribution in [0.2, 0.25) is 0 Å². The number of carbonyl (C=O) groups is 1. The largest absolute Gasteiger partial charge is 0.482 e. The van der Waals surface area contributed by atoms with Crippen LogP contribution in [-0.2, 0) is 17.6 Å². The lowest BCUT2D eigenvalue weighted by Gasteiger charge is -2.29. The van der Waals surface area contributed by atoms with Gasteiger partial charge in [-0.3, -0.25) is 10.2 Å². The number of hydrogen-bond donors (Lipinski definition) is 3. The molecule has 0 saturated carbocycles. The molecule has 3 rings (SSSR count). The van der Waals surface area contributed by atoms with Crippen LogP contribution in [0.15, 0.2) is 6.07 Å². The van der Waals surface area contributed by atoms with Crippen molar-refractivity contribution in [1.29, 1.82) is 5.41 Å². The first-order valence-corrected chi connectivity index (χ1v) is 8.37. The normalized spacial score (nSPS) is 16.7. The van der Waals surface area contributed by atoms with Gasteiger partial charge in [-0.15, -0.1) is 0 Å². The van der Waals surface area contributed by atoms with Gasteiger partial charge in [0, 0.05) is 18.7 Å². The van der Waals surface area contributed by atoms with Crippen molar-refractivity contribution in [2.45, 2.75) is 39.5 Å². The minimum atomic E-state index is -0.112. The van der Waals surface area contributed by atoms with E-state index in [4.69, 9.17) is 10.1 Å². The molecule has 0 radical (unpaired) electrons. The Kier molecular flexibility index (Phi) is 4.41. The summed E-state index contributed by atoms with van der Waals surface area (Å²) in [5, 5.41) is 14.2. The number of aryl methyl sites for hydroxylation is 1. The molecule has 1 saturated heterocycles. The topological polar surface area (TPSA) is 77.5 Å². The first kappa shape index (κ1) is 15.6. The number of benzene rings is 1. The van der Waals surface area contributed by atoms with E-state index in [-0.39, 0.29) is 12.5 Å². The maximum Gasteiger partial charge on any atom is 0.262 e. The Balaban J connectivity index is 2.18. The van der Waals surface area contributed by atoms with E-state index < -0.39 is 0 Å². The zero-order valence-electron chi connectivity index (χ0n) is 13.8. The highest BCUT2D eigenvalue weighted by Gasteiger charge is 2.29. The molecule has 6 nitrogen and oxygen atoms in total. The molecular formula is C17H24N4O2. The number of ether oxygens (including phenoxy) is 1. The van der Waals surface area contributed by atoms with Crippen LogP contribution in [0.3, 0.4) is 0 Å². The average molecular weight is 316 g/mol. The van der Waals surface area contributed by atoms with Crippen LogP contribution in [0.5, 0.6) is 5.75 Å². The predicted molar refractivity (Wildman–Crippen MR) is 91.6 cm³/mol. The van der Waals surface area contributed by atoms with Gasteiger partial charge in [0.2, 0.25) is 0 Å². The fraction of sp³-hybridized carbons (Fsp3) is 0.529. The maximum absolute atomic E-state index is 11.8.